The molecule has 128 valence electrons. The number of nitrogens with one attached hydrogen (secondary N) is 1. The molecule has 0 amide bonds. The Morgan fingerprint density at radius 2 is 1.84 bits per heavy atom. The van der Waals surface area contributed by atoms with Crippen molar-refractivity contribution < 1.29 is 18.3 Å². The molecule has 1 aromatic heterocycles. The SMILES string of the molecule is CCOC(=O)c1ccc(NCc2ccc(-c3ccccc3F)o2)cc1. The van der Waals surface area contributed by atoms with Gasteiger partial charge < -0.3 is 14.5 Å². The van der Waals surface area contributed by atoms with Crippen LogP contribution in [0.4, 0.5) is 10.1 Å². The number of esters is 1. The molecule has 0 spiro atoms. The molecule has 5 heteroatoms. The van der Waals surface area contributed by atoms with Gasteiger partial charge in [-0.3, -0.25) is 0 Å². The smallest absolute Gasteiger partial charge is 0.338 e. The minimum Gasteiger partial charge on any atom is -0.462 e. The van der Waals surface area contributed by atoms with Gasteiger partial charge in [-0.25, -0.2) is 9.18 Å². The third-order valence-corrected chi connectivity index (χ3v) is 3.66. The van der Waals surface area contributed by atoms with Crippen LogP contribution in [0.15, 0.2) is 65.1 Å². The third-order valence-electron chi connectivity index (χ3n) is 3.66. The summed E-state index contributed by atoms with van der Waals surface area (Å²) in [6.07, 6.45) is 0. The number of hydrogen-bond donors (Lipinski definition) is 1. The van der Waals surface area contributed by atoms with E-state index in [0.29, 0.717) is 35.8 Å². The Labute approximate surface area is 145 Å². The van der Waals surface area contributed by atoms with E-state index >= 15 is 0 Å². The molecule has 25 heavy (non-hydrogen) atoms. The second kappa shape index (κ2) is 7.66. The first-order valence-corrected chi connectivity index (χ1v) is 8.02. The number of hydrogen-bond acceptors (Lipinski definition) is 4. The maximum absolute atomic E-state index is 13.8. The molecule has 0 saturated carbocycles. The highest BCUT2D eigenvalue weighted by molar-refractivity contribution is 5.89. The maximum atomic E-state index is 13.8. The van der Waals surface area contributed by atoms with Gasteiger partial charge in [-0.15, -0.1) is 0 Å². The Morgan fingerprint density at radius 3 is 2.56 bits per heavy atom. The van der Waals surface area contributed by atoms with Crippen molar-refractivity contribution in [2.24, 2.45) is 0 Å². The van der Waals surface area contributed by atoms with Crippen LogP contribution in [0.2, 0.25) is 0 Å². The van der Waals surface area contributed by atoms with Gasteiger partial charge in [-0.2, -0.15) is 0 Å². The van der Waals surface area contributed by atoms with Crippen molar-refractivity contribution in [2.75, 3.05) is 11.9 Å². The van der Waals surface area contributed by atoms with E-state index in [-0.39, 0.29) is 11.8 Å². The number of ether oxygens (including phenoxy) is 1. The summed E-state index contributed by atoms with van der Waals surface area (Å²) < 4.78 is 24.4. The van der Waals surface area contributed by atoms with Crippen LogP contribution in [0.1, 0.15) is 23.0 Å². The topological polar surface area (TPSA) is 51.5 Å². The molecule has 1 heterocycles. The quantitative estimate of drug-likeness (QED) is 0.651. The van der Waals surface area contributed by atoms with Crippen molar-refractivity contribution in [1.29, 1.82) is 0 Å². The van der Waals surface area contributed by atoms with Gasteiger partial charge in [0, 0.05) is 5.69 Å². The van der Waals surface area contributed by atoms with E-state index in [4.69, 9.17) is 9.15 Å². The highest BCUT2D eigenvalue weighted by Crippen LogP contribution is 2.25. The Kier molecular flexibility index (Phi) is 5.14. The lowest BCUT2D eigenvalue weighted by atomic mass is 10.1. The third kappa shape index (κ3) is 4.07. The van der Waals surface area contributed by atoms with Gasteiger partial charge in [-0.1, -0.05) is 12.1 Å². The van der Waals surface area contributed by atoms with Crippen molar-refractivity contribution in [2.45, 2.75) is 13.5 Å². The van der Waals surface area contributed by atoms with Crippen molar-refractivity contribution >= 4 is 11.7 Å². The number of carbonyl (C=O) groups is 1. The van der Waals surface area contributed by atoms with Crippen molar-refractivity contribution in [3.8, 4) is 11.3 Å². The highest BCUT2D eigenvalue weighted by Gasteiger charge is 2.09. The van der Waals surface area contributed by atoms with Crippen LogP contribution in [0, 0.1) is 5.82 Å². The zero-order chi connectivity index (χ0) is 17.6. The molecule has 3 rings (SSSR count). The van der Waals surface area contributed by atoms with Crippen LogP contribution in [0.5, 0.6) is 0 Å². The molecular weight excluding hydrogens is 321 g/mol. The first-order valence-electron chi connectivity index (χ1n) is 8.02. The van der Waals surface area contributed by atoms with Gasteiger partial charge in [-0.05, 0) is 55.5 Å². The largest absolute Gasteiger partial charge is 0.462 e. The fraction of sp³-hybridized carbons (Fsp3) is 0.150. The zero-order valence-corrected chi connectivity index (χ0v) is 13.8. The van der Waals surface area contributed by atoms with E-state index < -0.39 is 0 Å². The zero-order valence-electron chi connectivity index (χ0n) is 13.8. The molecule has 0 fully saturated rings. The van der Waals surface area contributed by atoms with Crippen LogP contribution in [0.25, 0.3) is 11.3 Å². The molecule has 0 saturated heterocycles. The van der Waals surface area contributed by atoms with Crippen molar-refractivity contribution in [1.82, 2.24) is 0 Å². The molecule has 3 aromatic rings. The van der Waals surface area contributed by atoms with Crippen LogP contribution >= 0.6 is 0 Å². The Morgan fingerprint density at radius 1 is 1.08 bits per heavy atom. The number of anilines is 1. The van der Waals surface area contributed by atoms with Crippen LogP contribution in [0.3, 0.4) is 0 Å². The highest BCUT2D eigenvalue weighted by atomic mass is 19.1. The monoisotopic (exact) mass is 339 g/mol. The average Bonchev–Trinajstić information content (AvgIpc) is 3.10. The lowest BCUT2D eigenvalue weighted by molar-refractivity contribution is 0.0526. The van der Waals surface area contributed by atoms with E-state index in [0.717, 1.165) is 5.69 Å². The number of rotatable bonds is 6. The summed E-state index contributed by atoms with van der Waals surface area (Å²) in [6, 6.07) is 17.1. The Balaban J connectivity index is 1.63. The minimum absolute atomic E-state index is 0.314. The summed E-state index contributed by atoms with van der Waals surface area (Å²) in [5, 5.41) is 3.20. The predicted molar refractivity (Wildman–Crippen MR) is 93.8 cm³/mol. The summed E-state index contributed by atoms with van der Waals surface area (Å²) in [4.78, 5) is 11.6. The van der Waals surface area contributed by atoms with E-state index in [2.05, 4.69) is 5.32 Å². The molecule has 2 aromatic carbocycles. The number of benzene rings is 2. The van der Waals surface area contributed by atoms with Crippen LogP contribution in [-0.2, 0) is 11.3 Å². The fourth-order valence-corrected chi connectivity index (χ4v) is 2.41. The number of halogens is 1. The summed E-state index contributed by atoms with van der Waals surface area (Å²) in [6.45, 7) is 2.57. The van der Waals surface area contributed by atoms with Gasteiger partial charge in [0.15, 0.2) is 0 Å². The summed E-state index contributed by atoms with van der Waals surface area (Å²) in [5.74, 6) is 0.529. The van der Waals surface area contributed by atoms with Gasteiger partial charge in [0.2, 0.25) is 0 Å². The number of carbonyl (C=O) groups excluding carboxylic acids is 1. The molecule has 0 bridgehead atoms. The lowest BCUT2D eigenvalue weighted by Crippen LogP contribution is -2.05. The van der Waals surface area contributed by atoms with Crippen LogP contribution < -0.4 is 5.32 Å². The van der Waals surface area contributed by atoms with E-state index in [1.165, 1.54) is 6.07 Å². The molecule has 1 N–H and O–H groups in total. The van der Waals surface area contributed by atoms with Gasteiger partial charge >= 0.3 is 5.97 Å². The molecule has 0 aliphatic rings. The van der Waals surface area contributed by atoms with E-state index in [1.54, 1.807) is 55.5 Å². The van der Waals surface area contributed by atoms with Crippen molar-refractivity contribution in [3.63, 3.8) is 0 Å². The molecule has 0 aliphatic carbocycles. The maximum Gasteiger partial charge on any atom is 0.338 e. The molecule has 4 nitrogen and oxygen atoms in total. The standard InChI is InChI=1S/C20H18FNO3/c1-2-24-20(23)14-7-9-15(10-8-14)22-13-16-11-12-19(25-16)17-5-3-4-6-18(17)21/h3-12,22H,2,13H2,1H3. The Bertz CT molecular complexity index is 855. The summed E-state index contributed by atoms with van der Waals surface area (Å²) in [5.41, 5.74) is 1.79. The second-order valence-corrected chi connectivity index (χ2v) is 5.40. The molecule has 0 radical (unpaired) electrons. The molecule has 0 atom stereocenters. The van der Waals surface area contributed by atoms with E-state index in [1.807, 2.05) is 6.07 Å². The minimum atomic E-state index is -0.338. The van der Waals surface area contributed by atoms with E-state index in [9.17, 15) is 9.18 Å². The average molecular weight is 339 g/mol. The first-order chi connectivity index (χ1) is 12.2. The normalized spacial score (nSPS) is 10.5. The van der Waals surface area contributed by atoms with Gasteiger partial charge in [0.05, 0.1) is 24.3 Å². The summed E-state index contributed by atoms with van der Waals surface area (Å²) >= 11 is 0. The molecule has 0 aliphatic heterocycles. The fourth-order valence-electron chi connectivity index (χ4n) is 2.41. The molecular formula is C20H18FNO3. The number of furan rings is 1. The van der Waals surface area contributed by atoms with Gasteiger partial charge in [0.25, 0.3) is 0 Å². The van der Waals surface area contributed by atoms with Crippen molar-refractivity contribution in [3.05, 3.63) is 77.8 Å². The molecule has 0 unspecified atom stereocenters. The second-order valence-electron chi connectivity index (χ2n) is 5.40. The predicted octanol–water partition coefficient (Wildman–Crippen LogP) is 4.87. The summed E-state index contributed by atoms with van der Waals surface area (Å²) in [7, 11) is 0. The Hall–Kier alpha value is -3.08. The first kappa shape index (κ1) is 16.8. The van der Waals surface area contributed by atoms with Gasteiger partial charge in [0.1, 0.15) is 17.3 Å². The lowest BCUT2D eigenvalue weighted by Gasteiger charge is -2.06. The van der Waals surface area contributed by atoms with Crippen LogP contribution in [-0.4, -0.2) is 12.6 Å².